The van der Waals surface area contributed by atoms with Crippen molar-refractivity contribution >= 4 is 40.5 Å². The van der Waals surface area contributed by atoms with E-state index in [0.717, 1.165) is 16.8 Å². The van der Waals surface area contributed by atoms with Crippen LogP contribution in [0.1, 0.15) is 18.1 Å². The normalized spacial score (nSPS) is 11.9. The molecule has 3 nitrogen and oxygen atoms in total. The standard InChI is InChI=1S/C17H18Cl2N2O/c1-10-6-11(2)8-14(7-10)20-12(3)17(22)21-16-5-4-13(18)9-15(16)19/h4-9,12,20H,1-3H3,(H,21,22)/t12-/m0/s1. The molecular formula is C17H18Cl2N2O. The summed E-state index contributed by atoms with van der Waals surface area (Å²) in [5, 5.41) is 6.94. The number of rotatable bonds is 4. The third-order valence-corrected chi connectivity index (χ3v) is 3.73. The van der Waals surface area contributed by atoms with Gasteiger partial charge in [-0.15, -0.1) is 0 Å². The van der Waals surface area contributed by atoms with Crippen molar-refractivity contribution in [2.45, 2.75) is 26.8 Å². The van der Waals surface area contributed by atoms with Gasteiger partial charge in [-0.3, -0.25) is 4.79 Å². The molecule has 0 aliphatic rings. The second kappa shape index (κ2) is 7.03. The zero-order valence-corrected chi connectivity index (χ0v) is 14.2. The fourth-order valence-corrected chi connectivity index (χ4v) is 2.66. The number of halogens is 2. The highest BCUT2D eigenvalue weighted by Gasteiger charge is 2.14. The Balaban J connectivity index is 2.05. The van der Waals surface area contributed by atoms with Crippen LogP contribution in [0.5, 0.6) is 0 Å². The third kappa shape index (κ3) is 4.39. The van der Waals surface area contributed by atoms with E-state index in [9.17, 15) is 4.79 Å². The van der Waals surface area contributed by atoms with E-state index in [1.54, 1.807) is 25.1 Å². The average Bonchev–Trinajstić information content (AvgIpc) is 2.40. The molecule has 0 spiro atoms. The molecule has 1 atom stereocenters. The van der Waals surface area contributed by atoms with E-state index in [-0.39, 0.29) is 5.91 Å². The predicted molar refractivity (Wildman–Crippen MR) is 94.1 cm³/mol. The molecule has 0 heterocycles. The molecule has 0 fully saturated rings. The maximum atomic E-state index is 12.3. The Morgan fingerprint density at radius 1 is 1.05 bits per heavy atom. The summed E-state index contributed by atoms with van der Waals surface area (Å²) in [6, 6.07) is 10.7. The molecule has 0 aromatic heterocycles. The van der Waals surface area contributed by atoms with E-state index in [1.165, 1.54) is 0 Å². The first-order valence-corrected chi connectivity index (χ1v) is 7.71. The van der Waals surface area contributed by atoms with Crippen LogP contribution in [0.2, 0.25) is 10.0 Å². The Morgan fingerprint density at radius 2 is 1.68 bits per heavy atom. The molecule has 0 saturated carbocycles. The Labute approximate surface area is 140 Å². The number of carbonyl (C=O) groups excluding carboxylic acids is 1. The Hall–Kier alpha value is -1.71. The minimum atomic E-state index is -0.395. The third-order valence-electron chi connectivity index (χ3n) is 3.19. The van der Waals surface area contributed by atoms with Crippen LogP contribution in [0.15, 0.2) is 36.4 Å². The van der Waals surface area contributed by atoms with Gasteiger partial charge in [-0.2, -0.15) is 0 Å². The van der Waals surface area contributed by atoms with Gasteiger partial charge in [0, 0.05) is 10.7 Å². The second-order valence-electron chi connectivity index (χ2n) is 5.36. The van der Waals surface area contributed by atoms with E-state index in [4.69, 9.17) is 23.2 Å². The van der Waals surface area contributed by atoms with E-state index in [1.807, 2.05) is 26.0 Å². The topological polar surface area (TPSA) is 41.1 Å². The van der Waals surface area contributed by atoms with E-state index >= 15 is 0 Å². The van der Waals surface area contributed by atoms with Crippen molar-refractivity contribution in [2.75, 3.05) is 10.6 Å². The number of nitrogens with one attached hydrogen (secondary N) is 2. The summed E-state index contributed by atoms with van der Waals surface area (Å²) in [7, 11) is 0. The Bertz CT molecular complexity index is 681. The molecule has 2 rings (SSSR count). The maximum absolute atomic E-state index is 12.3. The number of hydrogen-bond donors (Lipinski definition) is 2. The SMILES string of the molecule is Cc1cc(C)cc(N[C@@H](C)C(=O)Nc2ccc(Cl)cc2Cl)c1. The van der Waals surface area contributed by atoms with Gasteiger partial charge in [-0.1, -0.05) is 29.3 Å². The molecule has 0 bridgehead atoms. The fourth-order valence-electron chi connectivity index (χ4n) is 2.21. The van der Waals surface area contributed by atoms with Gasteiger partial charge in [-0.25, -0.2) is 0 Å². The summed E-state index contributed by atoms with van der Waals surface area (Å²) >= 11 is 11.9. The lowest BCUT2D eigenvalue weighted by Gasteiger charge is -2.17. The minimum Gasteiger partial charge on any atom is -0.374 e. The monoisotopic (exact) mass is 336 g/mol. The number of benzene rings is 2. The van der Waals surface area contributed by atoms with Gasteiger partial charge >= 0.3 is 0 Å². The van der Waals surface area contributed by atoms with Crippen molar-refractivity contribution in [3.05, 3.63) is 57.6 Å². The second-order valence-corrected chi connectivity index (χ2v) is 6.20. The Morgan fingerprint density at radius 3 is 2.27 bits per heavy atom. The van der Waals surface area contributed by atoms with E-state index < -0.39 is 6.04 Å². The summed E-state index contributed by atoms with van der Waals surface area (Å²) in [5.74, 6) is -0.164. The van der Waals surface area contributed by atoms with Crippen molar-refractivity contribution < 1.29 is 4.79 Å². The Kier molecular flexibility index (Phi) is 5.33. The lowest BCUT2D eigenvalue weighted by molar-refractivity contribution is -0.116. The van der Waals surface area contributed by atoms with Crippen LogP contribution >= 0.6 is 23.2 Å². The van der Waals surface area contributed by atoms with Crippen LogP contribution in [0, 0.1) is 13.8 Å². The van der Waals surface area contributed by atoms with Crippen LogP contribution in [0.4, 0.5) is 11.4 Å². The number of hydrogen-bond acceptors (Lipinski definition) is 2. The molecule has 0 unspecified atom stereocenters. The van der Waals surface area contributed by atoms with E-state index in [2.05, 4.69) is 16.7 Å². The van der Waals surface area contributed by atoms with Gasteiger partial charge in [-0.05, 0) is 62.2 Å². The van der Waals surface area contributed by atoms with Crippen molar-refractivity contribution in [1.29, 1.82) is 0 Å². The average molecular weight is 337 g/mol. The highest BCUT2D eigenvalue weighted by atomic mass is 35.5. The summed E-state index contributed by atoms with van der Waals surface area (Å²) in [6.45, 7) is 5.85. The molecular weight excluding hydrogens is 319 g/mol. The minimum absolute atomic E-state index is 0.164. The molecule has 0 radical (unpaired) electrons. The zero-order valence-electron chi connectivity index (χ0n) is 12.7. The highest BCUT2D eigenvalue weighted by molar-refractivity contribution is 6.36. The summed E-state index contributed by atoms with van der Waals surface area (Å²) < 4.78 is 0. The molecule has 5 heteroatoms. The lowest BCUT2D eigenvalue weighted by Crippen LogP contribution is -2.32. The molecule has 2 aromatic rings. The number of amides is 1. The molecule has 2 N–H and O–H groups in total. The van der Waals surface area contributed by atoms with E-state index in [0.29, 0.717) is 15.7 Å². The molecule has 2 aromatic carbocycles. The zero-order chi connectivity index (χ0) is 16.3. The number of anilines is 2. The molecule has 1 amide bonds. The van der Waals surface area contributed by atoms with Gasteiger partial charge in [0.05, 0.1) is 10.7 Å². The lowest BCUT2D eigenvalue weighted by atomic mass is 10.1. The smallest absolute Gasteiger partial charge is 0.246 e. The van der Waals surface area contributed by atoms with Crippen LogP contribution in [-0.4, -0.2) is 11.9 Å². The first-order chi connectivity index (χ1) is 10.3. The van der Waals surface area contributed by atoms with Gasteiger partial charge in [0.2, 0.25) is 5.91 Å². The van der Waals surface area contributed by atoms with Crippen LogP contribution in [-0.2, 0) is 4.79 Å². The molecule has 22 heavy (non-hydrogen) atoms. The number of aryl methyl sites for hydroxylation is 2. The maximum Gasteiger partial charge on any atom is 0.246 e. The highest BCUT2D eigenvalue weighted by Crippen LogP contribution is 2.25. The molecule has 116 valence electrons. The largest absolute Gasteiger partial charge is 0.374 e. The van der Waals surface area contributed by atoms with Crippen molar-refractivity contribution in [1.82, 2.24) is 0 Å². The van der Waals surface area contributed by atoms with Crippen molar-refractivity contribution in [3.8, 4) is 0 Å². The van der Waals surface area contributed by atoms with Gasteiger partial charge in [0.25, 0.3) is 0 Å². The van der Waals surface area contributed by atoms with Crippen molar-refractivity contribution in [3.63, 3.8) is 0 Å². The number of carbonyl (C=O) groups is 1. The van der Waals surface area contributed by atoms with Gasteiger partial charge in [0.15, 0.2) is 0 Å². The van der Waals surface area contributed by atoms with Gasteiger partial charge < -0.3 is 10.6 Å². The van der Waals surface area contributed by atoms with Crippen molar-refractivity contribution in [2.24, 2.45) is 0 Å². The summed E-state index contributed by atoms with van der Waals surface area (Å²) in [6.07, 6.45) is 0. The first-order valence-electron chi connectivity index (χ1n) is 6.96. The van der Waals surface area contributed by atoms with Crippen LogP contribution in [0.25, 0.3) is 0 Å². The summed E-state index contributed by atoms with van der Waals surface area (Å²) in [5.41, 5.74) is 3.76. The first kappa shape index (κ1) is 16.7. The molecule has 0 aliphatic heterocycles. The molecule has 0 saturated heterocycles. The van der Waals surface area contributed by atoms with Crippen LogP contribution < -0.4 is 10.6 Å². The molecule has 0 aliphatic carbocycles. The van der Waals surface area contributed by atoms with Gasteiger partial charge in [0.1, 0.15) is 6.04 Å². The van der Waals surface area contributed by atoms with Crippen LogP contribution in [0.3, 0.4) is 0 Å². The quantitative estimate of drug-likeness (QED) is 0.820. The predicted octanol–water partition coefficient (Wildman–Crippen LogP) is 5.05. The summed E-state index contributed by atoms with van der Waals surface area (Å²) in [4.78, 5) is 12.3. The fraction of sp³-hybridized carbons (Fsp3) is 0.235.